The molecular weight excluding hydrogens is 316 g/mol. The van der Waals surface area contributed by atoms with Crippen LogP contribution in [0.25, 0.3) is 0 Å². The van der Waals surface area contributed by atoms with Gasteiger partial charge in [-0.05, 0) is 54.8 Å². The van der Waals surface area contributed by atoms with Crippen LogP contribution in [0.1, 0.15) is 26.3 Å². The molecule has 25 heavy (non-hydrogen) atoms. The predicted octanol–water partition coefficient (Wildman–Crippen LogP) is 4.44. The third kappa shape index (κ3) is 6.75. The first-order valence-corrected chi connectivity index (χ1v) is 8.56. The van der Waals surface area contributed by atoms with Crippen molar-refractivity contribution < 1.29 is 14.3 Å². The molecule has 0 bridgehead atoms. The quantitative estimate of drug-likeness (QED) is 0.745. The summed E-state index contributed by atoms with van der Waals surface area (Å²) in [5.74, 6) is 2.12. The molecule has 2 N–H and O–H groups in total. The Kier molecular flexibility index (Phi) is 7.14. The minimum Gasteiger partial charge on any atom is -0.494 e. The molecule has 0 aliphatic rings. The maximum atomic E-state index is 12.0. The van der Waals surface area contributed by atoms with Crippen molar-refractivity contribution in [3.8, 4) is 11.5 Å². The summed E-state index contributed by atoms with van der Waals surface area (Å²) in [7, 11) is 0. The average molecular weight is 342 g/mol. The van der Waals surface area contributed by atoms with Gasteiger partial charge in [-0.15, -0.1) is 0 Å². The SMILES string of the molecule is CCOc1ccc(NC(=O)NCc2ccc(OCC(C)C)cc2)cc1. The van der Waals surface area contributed by atoms with E-state index in [-0.39, 0.29) is 6.03 Å². The zero-order chi connectivity index (χ0) is 18.1. The molecule has 0 saturated heterocycles. The highest BCUT2D eigenvalue weighted by molar-refractivity contribution is 5.89. The fraction of sp³-hybridized carbons (Fsp3) is 0.350. The van der Waals surface area contributed by atoms with Crippen molar-refractivity contribution in [3.05, 3.63) is 54.1 Å². The molecule has 0 aliphatic carbocycles. The molecule has 0 saturated carbocycles. The minimum absolute atomic E-state index is 0.246. The molecule has 0 atom stereocenters. The van der Waals surface area contributed by atoms with Gasteiger partial charge in [0.1, 0.15) is 11.5 Å². The van der Waals surface area contributed by atoms with Crippen molar-refractivity contribution in [1.82, 2.24) is 5.32 Å². The van der Waals surface area contributed by atoms with E-state index in [1.807, 2.05) is 55.5 Å². The molecule has 134 valence electrons. The fourth-order valence-electron chi connectivity index (χ4n) is 2.13. The Hall–Kier alpha value is -2.69. The lowest BCUT2D eigenvalue weighted by atomic mass is 10.2. The summed E-state index contributed by atoms with van der Waals surface area (Å²) in [6.07, 6.45) is 0. The largest absolute Gasteiger partial charge is 0.494 e. The van der Waals surface area contributed by atoms with Crippen LogP contribution >= 0.6 is 0 Å². The summed E-state index contributed by atoms with van der Waals surface area (Å²) >= 11 is 0. The number of benzene rings is 2. The van der Waals surface area contributed by atoms with Crippen LogP contribution in [-0.2, 0) is 6.54 Å². The first-order chi connectivity index (χ1) is 12.1. The topological polar surface area (TPSA) is 59.6 Å². The number of carbonyl (C=O) groups is 1. The molecular formula is C20H26N2O3. The lowest BCUT2D eigenvalue weighted by molar-refractivity contribution is 0.251. The van der Waals surface area contributed by atoms with E-state index in [0.717, 1.165) is 22.7 Å². The van der Waals surface area contributed by atoms with Crippen molar-refractivity contribution in [3.63, 3.8) is 0 Å². The minimum atomic E-state index is -0.246. The van der Waals surface area contributed by atoms with Gasteiger partial charge in [-0.25, -0.2) is 4.79 Å². The smallest absolute Gasteiger partial charge is 0.319 e. The van der Waals surface area contributed by atoms with Gasteiger partial charge < -0.3 is 20.1 Å². The molecule has 0 aliphatic heterocycles. The van der Waals surface area contributed by atoms with E-state index in [0.29, 0.717) is 25.7 Å². The van der Waals surface area contributed by atoms with Crippen molar-refractivity contribution in [1.29, 1.82) is 0 Å². The summed E-state index contributed by atoms with van der Waals surface area (Å²) < 4.78 is 11.0. The molecule has 0 fully saturated rings. The zero-order valence-corrected chi connectivity index (χ0v) is 15.0. The van der Waals surface area contributed by atoms with Crippen LogP contribution in [0.3, 0.4) is 0 Å². The lowest BCUT2D eigenvalue weighted by Gasteiger charge is -2.10. The van der Waals surface area contributed by atoms with E-state index in [4.69, 9.17) is 9.47 Å². The highest BCUT2D eigenvalue weighted by atomic mass is 16.5. The second-order valence-electron chi connectivity index (χ2n) is 6.11. The molecule has 2 amide bonds. The summed E-state index contributed by atoms with van der Waals surface area (Å²) in [5, 5.41) is 5.63. The maximum Gasteiger partial charge on any atom is 0.319 e. The van der Waals surface area contributed by atoms with Crippen LogP contribution in [0.2, 0.25) is 0 Å². The van der Waals surface area contributed by atoms with Gasteiger partial charge in [0.25, 0.3) is 0 Å². The van der Waals surface area contributed by atoms with Gasteiger partial charge in [0.2, 0.25) is 0 Å². The van der Waals surface area contributed by atoms with E-state index in [2.05, 4.69) is 24.5 Å². The number of carbonyl (C=O) groups excluding carboxylic acids is 1. The number of rotatable bonds is 8. The summed E-state index contributed by atoms with van der Waals surface area (Å²) in [6.45, 7) is 7.93. The molecule has 5 nitrogen and oxygen atoms in total. The number of hydrogen-bond donors (Lipinski definition) is 2. The van der Waals surface area contributed by atoms with Gasteiger partial charge in [0.05, 0.1) is 13.2 Å². The van der Waals surface area contributed by atoms with Crippen LogP contribution in [0.15, 0.2) is 48.5 Å². The van der Waals surface area contributed by atoms with Gasteiger partial charge in [0.15, 0.2) is 0 Å². The Labute approximate surface area is 149 Å². The van der Waals surface area contributed by atoms with Crippen molar-refractivity contribution in [2.45, 2.75) is 27.3 Å². The number of amides is 2. The highest BCUT2D eigenvalue weighted by Gasteiger charge is 2.03. The van der Waals surface area contributed by atoms with E-state index in [1.165, 1.54) is 0 Å². The Bertz CT molecular complexity index is 652. The third-order valence-corrected chi connectivity index (χ3v) is 3.38. The fourth-order valence-corrected chi connectivity index (χ4v) is 2.13. The third-order valence-electron chi connectivity index (χ3n) is 3.38. The molecule has 0 heterocycles. The summed E-state index contributed by atoms with van der Waals surface area (Å²) in [4.78, 5) is 12.0. The number of anilines is 1. The molecule has 0 aromatic heterocycles. The van der Waals surface area contributed by atoms with Gasteiger partial charge in [0, 0.05) is 12.2 Å². The van der Waals surface area contributed by atoms with Crippen LogP contribution in [0.5, 0.6) is 11.5 Å². The van der Waals surface area contributed by atoms with Gasteiger partial charge in [-0.3, -0.25) is 0 Å². The standard InChI is InChI=1S/C20H26N2O3/c1-4-24-18-11-7-17(8-12-18)22-20(23)21-13-16-5-9-19(10-6-16)25-14-15(2)3/h5-12,15H,4,13-14H2,1-3H3,(H2,21,22,23). The molecule has 0 unspecified atom stereocenters. The average Bonchev–Trinajstić information content (AvgIpc) is 2.61. The number of hydrogen-bond acceptors (Lipinski definition) is 3. The predicted molar refractivity (Wildman–Crippen MR) is 100 cm³/mol. The number of ether oxygens (including phenoxy) is 2. The van der Waals surface area contributed by atoms with Crippen LogP contribution in [-0.4, -0.2) is 19.2 Å². The normalized spacial score (nSPS) is 10.4. The second-order valence-corrected chi connectivity index (χ2v) is 6.11. The molecule has 2 aromatic rings. The van der Waals surface area contributed by atoms with Crippen molar-refractivity contribution in [2.24, 2.45) is 5.92 Å². The van der Waals surface area contributed by atoms with Gasteiger partial charge in [-0.1, -0.05) is 26.0 Å². The molecule has 2 aromatic carbocycles. The molecule has 2 rings (SSSR count). The highest BCUT2D eigenvalue weighted by Crippen LogP contribution is 2.16. The van der Waals surface area contributed by atoms with Crippen molar-refractivity contribution >= 4 is 11.7 Å². The van der Waals surface area contributed by atoms with Crippen LogP contribution < -0.4 is 20.1 Å². The van der Waals surface area contributed by atoms with E-state index in [1.54, 1.807) is 0 Å². The van der Waals surface area contributed by atoms with Gasteiger partial charge in [-0.2, -0.15) is 0 Å². The Morgan fingerprint density at radius 2 is 1.56 bits per heavy atom. The summed E-state index contributed by atoms with van der Waals surface area (Å²) in [6, 6.07) is 14.8. The van der Waals surface area contributed by atoms with E-state index >= 15 is 0 Å². The van der Waals surface area contributed by atoms with Crippen LogP contribution in [0.4, 0.5) is 10.5 Å². The second kappa shape index (κ2) is 9.57. The lowest BCUT2D eigenvalue weighted by Crippen LogP contribution is -2.28. The Morgan fingerprint density at radius 3 is 2.16 bits per heavy atom. The van der Waals surface area contributed by atoms with Crippen LogP contribution in [0, 0.1) is 5.92 Å². The molecule has 5 heteroatoms. The zero-order valence-electron chi connectivity index (χ0n) is 15.0. The Balaban J connectivity index is 1.77. The molecule has 0 radical (unpaired) electrons. The first-order valence-electron chi connectivity index (χ1n) is 8.56. The van der Waals surface area contributed by atoms with Gasteiger partial charge >= 0.3 is 6.03 Å². The Morgan fingerprint density at radius 1 is 0.960 bits per heavy atom. The monoisotopic (exact) mass is 342 g/mol. The van der Waals surface area contributed by atoms with Crippen molar-refractivity contribution in [2.75, 3.05) is 18.5 Å². The van der Waals surface area contributed by atoms with E-state index < -0.39 is 0 Å². The number of urea groups is 1. The summed E-state index contributed by atoms with van der Waals surface area (Å²) in [5.41, 5.74) is 1.73. The van der Waals surface area contributed by atoms with E-state index in [9.17, 15) is 4.79 Å². The first kappa shape index (κ1) is 18.6. The number of nitrogens with one attached hydrogen (secondary N) is 2. The maximum absolute atomic E-state index is 12.0. The molecule has 0 spiro atoms.